The number of nitrogens with zero attached hydrogens (tertiary/aromatic N) is 1. The fourth-order valence-electron chi connectivity index (χ4n) is 2.71. The molecule has 0 radical (unpaired) electrons. The van der Waals surface area contributed by atoms with E-state index in [1.165, 1.54) is 38.5 Å². The molecule has 0 heterocycles. The second-order valence-corrected chi connectivity index (χ2v) is 6.34. The van der Waals surface area contributed by atoms with Crippen LogP contribution < -0.4 is 0 Å². The van der Waals surface area contributed by atoms with Gasteiger partial charge in [0.05, 0.1) is 0 Å². The predicted molar refractivity (Wildman–Crippen MR) is 72.7 cm³/mol. The lowest BCUT2D eigenvalue weighted by atomic mass is 9.77. The first-order valence-electron chi connectivity index (χ1n) is 7.24. The van der Waals surface area contributed by atoms with Crippen LogP contribution in [0.4, 0.5) is 0 Å². The van der Waals surface area contributed by atoms with Crippen LogP contribution in [0.1, 0.15) is 66.2 Å². The van der Waals surface area contributed by atoms with E-state index in [4.69, 9.17) is 0 Å². The molecule has 0 spiro atoms. The maximum absolute atomic E-state index is 2.62. The Labute approximate surface area is 103 Å². The van der Waals surface area contributed by atoms with E-state index in [9.17, 15) is 0 Å². The Balaban J connectivity index is 2.37. The molecule has 0 N–H and O–H groups in total. The first-order valence-corrected chi connectivity index (χ1v) is 7.24. The van der Waals surface area contributed by atoms with Gasteiger partial charge < -0.3 is 4.90 Å². The van der Waals surface area contributed by atoms with Gasteiger partial charge in [-0.25, -0.2) is 0 Å². The molecule has 1 nitrogen and oxygen atoms in total. The topological polar surface area (TPSA) is 3.24 Å². The molecule has 1 aliphatic rings. The molecule has 16 heavy (non-hydrogen) atoms. The van der Waals surface area contributed by atoms with Crippen LogP contribution >= 0.6 is 0 Å². The molecule has 0 aliphatic heterocycles. The van der Waals surface area contributed by atoms with Gasteiger partial charge in [-0.15, -0.1) is 0 Å². The van der Waals surface area contributed by atoms with Crippen LogP contribution in [0, 0.1) is 11.8 Å². The van der Waals surface area contributed by atoms with E-state index in [-0.39, 0.29) is 0 Å². The molecular weight excluding hydrogens is 194 g/mol. The second kappa shape index (κ2) is 6.64. The van der Waals surface area contributed by atoms with Crippen molar-refractivity contribution < 1.29 is 0 Å². The van der Waals surface area contributed by atoms with Crippen molar-refractivity contribution in [2.45, 2.75) is 78.3 Å². The first kappa shape index (κ1) is 14.0. The number of hydrogen-bond acceptors (Lipinski definition) is 1. The minimum absolute atomic E-state index is 0.699. The zero-order valence-corrected chi connectivity index (χ0v) is 12.0. The van der Waals surface area contributed by atoms with Crippen molar-refractivity contribution in [3.63, 3.8) is 0 Å². The van der Waals surface area contributed by atoms with Gasteiger partial charge in [-0.2, -0.15) is 0 Å². The van der Waals surface area contributed by atoms with E-state index in [0.717, 1.165) is 17.9 Å². The van der Waals surface area contributed by atoms with E-state index in [1.54, 1.807) is 0 Å². The highest BCUT2D eigenvalue weighted by Gasteiger charge is 2.30. The Morgan fingerprint density at radius 3 is 2.06 bits per heavy atom. The summed E-state index contributed by atoms with van der Waals surface area (Å²) >= 11 is 0. The molecule has 0 aromatic rings. The molecule has 1 fully saturated rings. The minimum atomic E-state index is 0.699. The monoisotopic (exact) mass is 225 g/mol. The Morgan fingerprint density at radius 2 is 1.69 bits per heavy atom. The van der Waals surface area contributed by atoms with Gasteiger partial charge in [-0.1, -0.05) is 33.1 Å². The summed E-state index contributed by atoms with van der Waals surface area (Å²) in [4.78, 5) is 2.62. The highest BCUT2D eigenvalue weighted by atomic mass is 15.2. The van der Waals surface area contributed by atoms with Gasteiger partial charge in [0.2, 0.25) is 0 Å². The van der Waals surface area contributed by atoms with Crippen molar-refractivity contribution in [1.29, 1.82) is 0 Å². The smallest absolute Gasteiger partial charge is 0.0123 e. The van der Waals surface area contributed by atoms with Crippen molar-refractivity contribution in [3.8, 4) is 0 Å². The quantitative estimate of drug-likeness (QED) is 0.623. The fraction of sp³-hybridized carbons (Fsp3) is 1.00. The Bertz CT molecular complexity index is 182. The van der Waals surface area contributed by atoms with Crippen molar-refractivity contribution in [3.05, 3.63) is 0 Å². The lowest BCUT2D eigenvalue weighted by Crippen LogP contribution is -2.44. The van der Waals surface area contributed by atoms with Gasteiger partial charge in [0.1, 0.15) is 0 Å². The zero-order chi connectivity index (χ0) is 12.1. The maximum Gasteiger partial charge on any atom is 0.0123 e. The number of rotatable bonds is 7. The molecule has 0 unspecified atom stereocenters. The normalized spacial score (nSPS) is 19.5. The van der Waals surface area contributed by atoms with Crippen molar-refractivity contribution in [2.24, 2.45) is 11.8 Å². The summed E-state index contributed by atoms with van der Waals surface area (Å²) in [7, 11) is 2.32. The van der Waals surface area contributed by atoms with E-state index >= 15 is 0 Å². The molecular formula is C15H31N. The summed E-state index contributed by atoms with van der Waals surface area (Å²) in [5.74, 6) is 1.87. The first-order chi connectivity index (χ1) is 7.52. The van der Waals surface area contributed by atoms with E-state index in [2.05, 4.69) is 39.6 Å². The van der Waals surface area contributed by atoms with Gasteiger partial charge in [-0.05, 0) is 52.0 Å². The Hall–Kier alpha value is -0.0400. The molecule has 0 bridgehead atoms. The Morgan fingerprint density at radius 1 is 1.06 bits per heavy atom. The van der Waals surface area contributed by atoms with Crippen LogP contribution in [0.3, 0.4) is 0 Å². The molecule has 0 saturated heterocycles. The molecule has 1 heteroatoms. The lowest BCUT2D eigenvalue weighted by Gasteiger charge is -2.41. The summed E-state index contributed by atoms with van der Waals surface area (Å²) < 4.78 is 0. The van der Waals surface area contributed by atoms with Gasteiger partial charge in [0.25, 0.3) is 0 Å². The average Bonchev–Trinajstić information content (AvgIpc) is 2.11. The molecule has 0 aromatic carbocycles. The van der Waals surface area contributed by atoms with Gasteiger partial charge in [0.15, 0.2) is 0 Å². The summed E-state index contributed by atoms with van der Waals surface area (Å²) in [6.45, 7) is 9.33. The third-order valence-electron chi connectivity index (χ3n) is 4.31. The molecule has 1 saturated carbocycles. The van der Waals surface area contributed by atoms with Crippen LogP contribution in [-0.4, -0.2) is 24.0 Å². The Kier molecular flexibility index (Phi) is 5.82. The molecule has 1 aliphatic carbocycles. The SMILES string of the molecule is CC(C)CCC[C@H](C1CCC1)N(C)C(C)C. The third kappa shape index (κ3) is 4.08. The van der Waals surface area contributed by atoms with E-state index in [1.807, 2.05) is 0 Å². The van der Waals surface area contributed by atoms with Crippen LogP contribution in [0.5, 0.6) is 0 Å². The van der Waals surface area contributed by atoms with Crippen LogP contribution in [0.2, 0.25) is 0 Å². The second-order valence-electron chi connectivity index (χ2n) is 6.34. The van der Waals surface area contributed by atoms with Crippen LogP contribution in [0.25, 0.3) is 0 Å². The van der Waals surface area contributed by atoms with Gasteiger partial charge in [0, 0.05) is 12.1 Å². The largest absolute Gasteiger partial charge is 0.301 e. The van der Waals surface area contributed by atoms with E-state index in [0.29, 0.717) is 6.04 Å². The molecule has 1 atom stereocenters. The predicted octanol–water partition coefficient (Wildman–Crippen LogP) is 4.32. The standard InChI is InChI=1S/C15H31N/c1-12(2)8-6-11-15(14-9-7-10-14)16(5)13(3)4/h12-15H,6-11H2,1-5H3/t15-/m1/s1. The molecule has 0 amide bonds. The van der Waals surface area contributed by atoms with Crippen molar-refractivity contribution >= 4 is 0 Å². The van der Waals surface area contributed by atoms with Crippen LogP contribution in [-0.2, 0) is 0 Å². The lowest BCUT2D eigenvalue weighted by molar-refractivity contribution is 0.0846. The maximum atomic E-state index is 2.62. The fourth-order valence-corrected chi connectivity index (χ4v) is 2.71. The average molecular weight is 225 g/mol. The summed E-state index contributed by atoms with van der Waals surface area (Å²) in [5.41, 5.74) is 0. The third-order valence-corrected chi connectivity index (χ3v) is 4.31. The summed E-state index contributed by atoms with van der Waals surface area (Å²) in [5, 5.41) is 0. The summed E-state index contributed by atoms with van der Waals surface area (Å²) in [6, 6.07) is 1.55. The van der Waals surface area contributed by atoms with E-state index < -0.39 is 0 Å². The van der Waals surface area contributed by atoms with Crippen LogP contribution in [0.15, 0.2) is 0 Å². The van der Waals surface area contributed by atoms with Crippen molar-refractivity contribution in [2.75, 3.05) is 7.05 Å². The molecule has 1 rings (SSSR count). The molecule has 96 valence electrons. The van der Waals surface area contributed by atoms with Gasteiger partial charge >= 0.3 is 0 Å². The highest BCUT2D eigenvalue weighted by molar-refractivity contribution is 4.84. The highest BCUT2D eigenvalue weighted by Crippen LogP contribution is 2.35. The molecule has 0 aromatic heterocycles. The summed E-state index contributed by atoms with van der Waals surface area (Å²) in [6.07, 6.45) is 8.65. The zero-order valence-electron chi connectivity index (χ0n) is 12.0. The van der Waals surface area contributed by atoms with Crippen molar-refractivity contribution in [1.82, 2.24) is 4.90 Å². The minimum Gasteiger partial charge on any atom is -0.301 e. The van der Waals surface area contributed by atoms with Gasteiger partial charge in [-0.3, -0.25) is 0 Å². The number of hydrogen-bond donors (Lipinski definition) is 0.